The van der Waals surface area contributed by atoms with Crippen molar-refractivity contribution in [3.63, 3.8) is 0 Å². The molecule has 0 bridgehead atoms. The first kappa shape index (κ1) is 12.4. The molecule has 1 unspecified atom stereocenters. The second kappa shape index (κ2) is 3.70. The Balaban J connectivity index is 3.15. The lowest BCUT2D eigenvalue weighted by Gasteiger charge is -2.37. The number of carbonyl (C=O) groups excluding carboxylic acids is 2. The van der Waals surface area contributed by atoms with Gasteiger partial charge in [0.05, 0.1) is 0 Å². The molecule has 15 heavy (non-hydrogen) atoms. The summed E-state index contributed by atoms with van der Waals surface area (Å²) in [6.45, 7) is 7.98. The molecule has 1 heterocycles. The quantitative estimate of drug-likeness (QED) is 0.554. The van der Waals surface area contributed by atoms with E-state index in [4.69, 9.17) is 0 Å². The van der Waals surface area contributed by atoms with E-state index in [1.807, 2.05) is 20.8 Å². The van der Waals surface area contributed by atoms with Crippen molar-refractivity contribution in [3.05, 3.63) is 0 Å². The third-order valence-corrected chi connectivity index (χ3v) is 3.48. The predicted molar refractivity (Wildman–Crippen MR) is 62.0 cm³/mol. The highest BCUT2D eigenvalue weighted by Crippen LogP contribution is 2.36. The number of amides is 3. The summed E-state index contributed by atoms with van der Waals surface area (Å²) in [5.41, 5.74) is -1.21. The SMILES string of the molecule is CCN1C(=O)NC(CS)(C(C)(C)C)C1=O. The van der Waals surface area contributed by atoms with Crippen LogP contribution in [-0.4, -0.2) is 34.7 Å². The summed E-state index contributed by atoms with van der Waals surface area (Å²) in [4.78, 5) is 25.0. The van der Waals surface area contributed by atoms with Crippen LogP contribution in [0.2, 0.25) is 0 Å². The van der Waals surface area contributed by atoms with Crippen molar-refractivity contribution in [2.75, 3.05) is 12.3 Å². The van der Waals surface area contributed by atoms with Crippen LogP contribution < -0.4 is 5.32 Å². The molecule has 0 aliphatic carbocycles. The summed E-state index contributed by atoms with van der Waals surface area (Å²) < 4.78 is 0. The van der Waals surface area contributed by atoms with Crippen LogP contribution >= 0.6 is 12.6 Å². The molecule has 0 aromatic rings. The smallest absolute Gasteiger partial charge is 0.322 e. The van der Waals surface area contributed by atoms with Gasteiger partial charge in [-0.25, -0.2) is 4.79 Å². The third kappa shape index (κ3) is 1.62. The average molecular weight is 230 g/mol. The molecule has 0 saturated carbocycles. The van der Waals surface area contributed by atoms with Crippen LogP contribution in [0, 0.1) is 5.41 Å². The first-order valence-electron chi connectivity index (χ1n) is 5.05. The van der Waals surface area contributed by atoms with Crippen molar-refractivity contribution in [1.82, 2.24) is 10.2 Å². The first-order chi connectivity index (χ1) is 6.80. The fourth-order valence-electron chi connectivity index (χ4n) is 1.77. The van der Waals surface area contributed by atoms with E-state index in [2.05, 4.69) is 17.9 Å². The number of imide groups is 1. The zero-order chi connectivity index (χ0) is 11.9. The van der Waals surface area contributed by atoms with Crippen molar-refractivity contribution in [3.8, 4) is 0 Å². The van der Waals surface area contributed by atoms with Crippen LogP contribution in [0.4, 0.5) is 4.79 Å². The fraction of sp³-hybridized carbons (Fsp3) is 0.800. The second-order valence-corrected chi connectivity index (χ2v) is 5.11. The summed E-state index contributed by atoms with van der Waals surface area (Å²) >= 11 is 4.21. The van der Waals surface area contributed by atoms with Crippen molar-refractivity contribution in [1.29, 1.82) is 0 Å². The Hall–Kier alpha value is -0.710. The number of hydrogen-bond acceptors (Lipinski definition) is 3. The van der Waals surface area contributed by atoms with E-state index in [0.717, 1.165) is 0 Å². The maximum absolute atomic E-state index is 12.1. The van der Waals surface area contributed by atoms with Gasteiger partial charge < -0.3 is 5.32 Å². The van der Waals surface area contributed by atoms with Gasteiger partial charge >= 0.3 is 6.03 Å². The first-order valence-corrected chi connectivity index (χ1v) is 5.68. The molecule has 1 aliphatic rings. The standard InChI is InChI=1S/C10H18N2O2S/c1-5-12-7(13)10(6-15,9(2,3)4)11-8(12)14/h15H,5-6H2,1-4H3,(H,11,14). The van der Waals surface area contributed by atoms with Crippen molar-refractivity contribution < 1.29 is 9.59 Å². The average Bonchev–Trinajstić information content (AvgIpc) is 2.37. The van der Waals surface area contributed by atoms with E-state index in [9.17, 15) is 9.59 Å². The summed E-state index contributed by atoms with van der Waals surface area (Å²) in [6.07, 6.45) is 0. The highest BCUT2D eigenvalue weighted by Gasteiger charge is 2.56. The summed E-state index contributed by atoms with van der Waals surface area (Å²) in [6, 6.07) is -0.313. The Bertz CT molecular complexity index is 298. The Kier molecular flexibility index (Phi) is 3.05. The molecule has 0 aromatic carbocycles. The van der Waals surface area contributed by atoms with E-state index in [1.165, 1.54) is 4.90 Å². The van der Waals surface area contributed by atoms with Crippen molar-refractivity contribution in [2.24, 2.45) is 5.41 Å². The van der Waals surface area contributed by atoms with Crippen molar-refractivity contribution >= 4 is 24.6 Å². The lowest BCUT2D eigenvalue weighted by atomic mass is 9.74. The molecule has 1 aliphatic heterocycles. The minimum absolute atomic E-state index is 0.169. The lowest BCUT2D eigenvalue weighted by Crippen LogP contribution is -2.58. The fourth-order valence-corrected chi connectivity index (χ4v) is 2.45. The van der Waals surface area contributed by atoms with Gasteiger partial charge in [0, 0.05) is 12.3 Å². The molecule has 0 spiro atoms. The van der Waals surface area contributed by atoms with Crippen molar-refractivity contribution in [2.45, 2.75) is 33.2 Å². The van der Waals surface area contributed by atoms with E-state index in [-0.39, 0.29) is 17.4 Å². The minimum atomic E-state index is -0.872. The normalized spacial score (nSPS) is 27.1. The van der Waals surface area contributed by atoms with Crippen LogP contribution in [0.1, 0.15) is 27.7 Å². The molecule has 0 aromatic heterocycles. The number of thiol groups is 1. The molecule has 1 fully saturated rings. The highest BCUT2D eigenvalue weighted by molar-refractivity contribution is 7.80. The van der Waals surface area contributed by atoms with Gasteiger partial charge in [0.25, 0.3) is 5.91 Å². The summed E-state index contributed by atoms with van der Waals surface area (Å²) in [7, 11) is 0. The second-order valence-electron chi connectivity index (χ2n) is 4.79. The maximum atomic E-state index is 12.1. The van der Waals surface area contributed by atoms with Gasteiger partial charge in [-0.1, -0.05) is 20.8 Å². The predicted octanol–water partition coefficient (Wildman–Crippen LogP) is 1.27. The molecule has 86 valence electrons. The Morgan fingerprint density at radius 1 is 1.40 bits per heavy atom. The van der Waals surface area contributed by atoms with Gasteiger partial charge in [-0.05, 0) is 12.3 Å². The number of nitrogens with one attached hydrogen (secondary N) is 1. The van der Waals surface area contributed by atoms with E-state index >= 15 is 0 Å². The molecule has 0 radical (unpaired) electrons. The Morgan fingerprint density at radius 3 is 2.13 bits per heavy atom. The van der Waals surface area contributed by atoms with Crippen LogP contribution in [0.3, 0.4) is 0 Å². The zero-order valence-corrected chi connectivity index (χ0v) is 10.5. The summed E-state index contributed by atoms with van der Waals surface area (Å²) in [5, 5.41) is 2.77. The van der Waals surface area contributed by atoms with Gasteiger partial charge in [-0.2, -0.15) is 12.6 Å². The topological polar surface area (TPSA) is 49.4 Å². The van der Waals surface area contributed by atoms with Gasteiger partial charge in [0.15, 0.2) is 0 Å². The molecule has 3 amide bonds. The monoisotopic (exact) mass is 230 g/mol. The Labute approximate surface area is 95.8 Å². The van der Waals surface area contributed by atoms with E-state index < -0.39 is 5.54 Å². The van der Waals surface area contributed by atoms with Gasteiger partial charge in [0.2, 0.25) is 0 Å². The maximum Gasteiger partial charge on any atom is 0.325 e. The molecular formula is C10H18N2O2S. The molecule has 4 nitrogen and oxygen atoms in total. The number of hydrogen-bond donors (Lipinski definition) is 2. The zero-order valence-electron chi connectivity index (χ0n) is 9.63. The molecular weight excluding hydrogens is 212 g/mol. The van der Waals surface area contributed by atoms with Crippen LogP contribution in [-0.2, 0) is 4.79 Å². The molecule has 1 rings (SSSR count). The number of rotatable bonds is 2. The van der Waals surface area contributed by atoms with E-state index in [1.54, 1.807) is 6.92 Å². The Morgan fingerprint density at radius 2 is 1.93 bits per heavy atom. The molecule has 1 atom stereocenters. The van der Waals surface area contributed by atoms with Crippen LogP contribution in [0.25, 0.3) is 0 Å². The van der Waals surface area contributed by atoms with Crippen LogP contribution in [0.15, 0.2) is 0 Å². The lowest BCUT2D eigenvalue weighted by molar-refractivity contribution is -0.133. The van der Waals surface area contributed by atoms with Crippen LogP contribution in [0.5, 0.6) is 0 Å². The minimum Gasteiger partial charge on any atom is -0.322 e. The number of nitrogens with zero attached hydrogens (tertiary/aromatic N) is 1. The van der Waals surface area contributed by atoms with Gasteiger partial charge in [-0.3, -0.25) is 9.69 Å². The number of likely N-dealkylation sites (N-methyl/N-ethyl adjacent to an activating group) is 1. The molecule has 5 heteroatoms. The molecule has 1 N–H and O–H groups in total. The third-order valence-electron chi connectivity index (χ3n) is 3.01. The summed E-state index contributed by atoms with van der Waals surface area (Å²) in [5.74, 6) is 0.148. The largest absolute Gasteiger partial charge is 0.325 e. The van der Waals surface area contributed by atoms with Gasteiger partial charge in [-0.15, -0.1) is 0 Å². The molecule has 1 saturated heterocycles. The van der Waals surface area contributed by atoms with Gasteiger partial charge in [0.1, 0.15) is 5.54 Å². The van der Waals surface area contributed by atoms with E-state index in [0.29, 0.717) is 12.3 Å². The highest BCUT2D eigenvalue weighted by atomic mass is 32.1. The number of carbonyl (C=O) groups is 2. The number of urea groups is 1.